The van der Waals surface area contributed by atoms with E-state index in [4.69, 9.17) is 4.52 Å². The molecule has 1 heterocycles. The van der Waals surface area contributed by atoms with Crippen molar-refractivity contribution >= 4 is 11.8 Å². The summed E-state index contributed by atoms with van der Waals surface area (Å²) >= 11 is 1.69. The minimum Gasteiger partial charge on any atom is -0.338 e. The molecule has 0 unspecified atom stereocenters. The Labute approximate surface area is 111 Å². The molecule has 96 valence electrons. The summed E-state index contributed by atoms with van der Waals surface area (Å²) < 4.78 is 5.20. The van der Waals surface area contributed by atoms with Crippen molar-refractivity contribution in [1.29, 1.82) is 0 Å². The van der Waals surface area contributed by atoms with Crippen molar-refractivity contribution in [3.8, 4) is 0 Å². The van der Waals surface area contributed by atoms with E-state index in [2.05, 4.69) is 41.4 Å². The summed E-state index contributed by atoms with van der Waals surface area (Å²) in [6.45, 7) is 4.83. The van der Waals surface area contributed by atoms with E-state index in [1.165, 1.54) is 4.90 Å². The Balaban J connectivity index is 1.83. The third-order valence-corrected chi connectivity index (χ3v) is 3.28. The second kappa shape index (κ2) is 6.56. The van der Waals surface area contributed by atoms with E-state index in [1.54, 1.807) is 11.8 Å². The zero-order valence-corrected chi connectivity index (χ0v) is 11.4. The van der Waals surface area contributed by atoms with Gasteiger partial charge in [0.2, 0.25) is 5.89 Å². The van der Waals surface area contributed by atoms with E-state index < -0.39 is 0 Å². The molecular formula is C13H17N3OS. The molecule has 1 aromatic carbocycles. The van der Waals surface area contributed by atoms with Gasteiger partial charge >= 0.3 is 0 Å². The van der Waals surface area contributed by atoms with Crippen LogP contribution in [0.25, 0.3) is 0 Å². The molecule has 2 aromatic rings. The predicted octanol–water partition coefficient (Wildman–Crippen LogP) is 2.86. The topological polar surface area (TPSA) is 51.0 Å². The van der Waals surface area contributed by atoms with E-state index in [-0.39, 0.29) is 0 Å². The molecule has 0 atom stereocenters. The third-order valence-electron chi connectivity index (χ3n) is 2.28. The fourth-order valence-corrected chi connectivity index (χ4v) is 2.13. The molecule has 1 N–H and O–H groups in total. The minimum absolute atomic E-state index is 0.422. The lowest BCUT2D eigenvalue weighted by molar-refractivity contribution is 0.382. The SMILES string of the molecule is CC(C)NCc1noc(CSc2ccccc2)n1. The van der Waals surface area contributed by atoms with Crippen LogP contribution in [0.2, 0.25) is 0 Å². The smallest absolute Gasteiger partial charge is 0.237 e. The average Bonchev–Trinajstić information content (AvgIpc) is 2.83. The first-order valence-corrected chi connectivity index (χ1v) is 6.95. The fraction of sp³-hybridized carbons (Fsp3) is 0.385. The number of aromatic nitrogens is 2. The molecule has 1 aromatic heterocycles. The van der Waals surface area contributed by atoms with Crippen molar-refractivity contribution in [2.24, 2.45) is 0 Å². The van der Waals surface area contributed by atoms with Crippen LogP contribution in [0.5, 0.6) is 0 Å². The molecule has 18 heavy (non-hydrogen) atoms. The van der Waals surface area contributed by atoms with Crippen LogP contribution in [-0.4, -0.2) is 16.2 Å². The second-order valence-electron chi connectivity index (χ2n) is 4.24. The van der Waals surface area contributed by atoms with Gasteiger partial charge in [-0.25, -0.2) is 0 Å². The van der Waals surface area contributed by atoms with Gasteiger partial charge in [0.15, 0.2) is 5.82 Å². The number of benzene rings is 1. The van der Waals surface area contributed by atoms with Gasteiger partial charge in [-0.3, -0.25) is 0 Å². The normalized spacial score (nSPS) is 11.1. The number of nitrogens with zero attached hydrogens (tertiary/aromatic N) is 2. The number of thioether (sulfide) groups is 1. The molecule has 0 aliphatic rings. The Bertz CT molecular complexity index is 470. The Morgan fingerprint density at radius 1 is 1.28 bits per heavy atom. The lowest BCUT2D eigenvalue weighted by Gasteiger charge is -2.03. The van der Waals surface area contributed by atoms with Gasteiger partial charge in [0.25, 0.3) is 0 Å². The van der Waals surface area contributed by atoms with Gasteiger partial charge in [-0.1, -0.05) is 37.2 Å². The second-order valence-corrected chi connectivity index (χ2v) is 5.29. The van der Waals surface area contributed by atoms with Crippen LogP contribution in [0.3, 0.4) is 0 Å². The summed E-state index contributed by atoms with van der Waals surface area (Å²) in [4.78, 5) is 5.54. The van der Waals surface area contributed by atoms with Gasteiger partial charge in [-0.2, -0.15) is 4.98 Å². The summed E-state index contributed by atoms with van der Waals surface area (Å²) in [5.41, 5.74) is 0. The highest BCUT2D eigenvalue weighted by Crippen LogP contribution is 2.21. The average molecular weight is 263 g/mol. The Hall–Kier alpha value is -1.33. The van der Waals surface area contributed by atoms with Gasteiger partial charge in [0, 0.05) is 10.9 Å². The van der Waals surface area contributed by atoms with Gasteiger partial charge < -0.3 is 9.84 Å². The van der Waals surface area contributed by atoms with Crippen LogP contribution in [0.15, 0.2) is 39.8 Å². The van der Waals surface area contributed by atoms with Crippen molar-refractivity contribution in [2.75, 3.05) is 0 Å². The van der Waals surface area contributed by atoms with E-state index in [0.29, 0.717) is 30.1 Å². The van der Waals surface area contributed by atoms with E-state index in [1.807, 2.05) is 18.2 Å². The van der Waals surface area contributed by atoms with E-state index in [0.717, 1.165) is 0 Å². The summed E-state index contributed by atoms with van der Waals surface area (Å²) in [5, 5.41) is 7.20. The van der Waals surface area contributed by atoms with Crippen molar-refractivity contribution in [3.63, 3.8) is 0 Å². The predicted molar refractivity (Wildman–Crippen MR) is 72.3 cm³/mol. The maximum Gasteiger partial charge on any atom is 0.237 e. The standard InChI is InChI=1S/C13H17N3OS/c1-10(2)14-8-12-15-13(17-16-12)9-18-11-6-4-3-5-7-11/h3-7,10,14H,8-9H2,1-2H3. The van der Waals surface area contributed by atoms with Crippen LogP contribution in [-0.2, 0) is 12.3 Å². The summed E-state index contributed by atoms with van der Waals surface area (Å²) in [6.07, 6.45) is 0. The molecule has 0 fully saturated rings. The lowest BCUT2D eigenvalue weighted by Crippen LogP contribution is -2.22. The molecule has 0 saturated carbocycles. The lowest BCUT2D eigenvalue weighted by atomic mass is 10.4. The van der Waals surface area contributed by atoms with Gasteiger partial charge in [-0.15, -0.1) is 11.8 Å². The van der Waals surface area contributed by atoms with E-state index in [9.17, 15) is 0 Å². The van der Waals surface area contributed by atoms with Crippen LogP contribution >= 0.6 is 11.8 Å². The molecule has 5 heteroatoms. The molecule has 2 rings (SSSR count). The number of hydrogen-bond acceptors (Lipinski definition) is 5. The van der Waals surface area contributed by atoms with Crippen molar-refractivity contribution in [2.45, 2.75) is 37.1 Å². The monoisotopic (exact) mass is 263 g/mol. The molecule has 4 nitrogen and oxygen atoms in total. The Morgan fingerprint density at radius 3 is 2.78 bits per heavy atom. The summed E-state index contributed by atoms with van der Waals surface area (Å²) in [6, 6.07) is 10.6. The molecule has 0 saturated heterocycles. The molecule has 0 radical (unpaired) electrons. The third kappa shape index (κ3) is 4.16. The van der Waals surface area contributed by atoms with Crippen LogP contribution < -0.4 is 5.32 Å². The van der Waals surface area contributed by atoms with Crippen molar-refractivity contribution < 1.29 is 4.52 Å². The summed E-state index contributed by atoms with van der Waals surface area (Å²) in [5.74, 6) is 2.09. The van der Waals surface area contributed by atoms with Gasteiger partial charge in [-0.05, 0) is 12.1 Å². The maximum absolute atomic E-state index is 5.20. The zero-order chi connectivity index (χ0) is 12.8. The zero-order valence-electron chi connectivity index (χ0n) is 10.6. The Morgan fingerprint density at radius 2 is 2.06 bits per heavy atom. The first-order valence-electron chi connectivity index (χ1n) is 5.97. The van der Waals surface area contributed by atoms with Gasteiger partial charge in [0.05, 0.1) is 12.3 Å². The van der Waals surface area contributed by atoms with Crippen molar-refractivity contribution in [3.05, 3.63) is 42.0 Å². The van der Waals surface area contributed by atoms with Crippen LogP contribution in [0, 0.1) is 0 Å². The highest BCUT2D eigenvalue weighted by atomic mass is 32.2. The van der Waals surface area contributed by atoms with Crippen LogP contribution in [0.4, 0.5) is 0 Å². The summed E-state index contributed by atoms with van der Waals surface area (Å²) in [7, 11) is 0. The molecule has 0 aliphatic heterocycles. The quantitative estimate of drug-likeness (QED) is 0.812. The highest BCUT2D eigenvalue weighted by molar-refractivity contribution is 7.98. The molecule has 0 spiro atoms. The highest BCUT2D eigenvalue weighted by Gasteiger charge is 2.06. The first kappa shape index (κ1) is 13.1. The molecule has 0 bridgehead atoms. The minimum atomic E-state index is 0.422. The number of nitrogens with one attached hydrogen (secondary N) is 1. The van der Waals surface area contributed by atoms with Crippen molar-refractivity contribution in [1.82, 2.24) is 15.5 Å². The number of rotatable bonds is 6. The fourth-order valence-electron chi connectivity index (χ4n) is 1.38. The maximum atomic E-state index is 5.20. The van der Waals surface area contributed by atoms with Gasteiger partial charge in [0.1, 0.15) is 0 Å². The van der Waals surface area contributed by atoms with Crippen LogP contribution in [0.1, 0.15) is 25.6 Å². The molecule has 0 amide bonds. The number of hydrogen-bond donors (Lipinski definition) is 1. The Kier molecular flexibility index (Phi) is 4.78. The van der Waals surface area contributed by atoms with E-state index >= 15 is 0 Å². The largest absolute Gasteiger partial charge is 0.338 e. The molecular weight excluding hydrogens is 246 g/mol. The molecule has 0 aliphatic carbocycles. The first-order chi connectivity index (χ1) is 8.74.